The molecule has 1 fully saturated rings. The largest absolute Gasteiger partial charge is 0.354 e. The molecule has 0 radical (unpaired) electrons. The van der Waals surface area contributed by atoms with E-state index in [1.165, 1.54) is 6.07 Å². The van der Waals surface area contributed by atoms with Gasteiger partial charge in [-0.25, -0.2) is 13.8 Å². The molecular formula is C21H30F2N4O. The Morgan fingerprint density at radius 1 is 1.36 bits per heavy atom. The molecule has 2 aromatic rings. The van der Waals surface area contributed by atoms with Crippen molar-refractivity contribution in [2.45, 2.75) is 39.7 Å². The summed E-state index contributed by atoms with van der Waals surface area (Å²) >= 11 is 0. The van der Waals surface area contributed by atoms with Gasteiger partial charge in [0.15, 0.2) is 0 Å². The van der Waals surface area contributed by atoms with Crippen molar-refractivity contribution in [2.75, 3.05) is 24.5 Å². The minimum Gasteiger partial charge on any atom is -0.354 e. The van der Waals surface area contributed by atoms with Gasteiger partial charge < -0.3 is 10.2 Å². The van der Waals surface area contributed by atoms with E-state index < -0.39 is 12.2 Å². The molecule has 0 spiro atoms. The summed E-state index contributed by atoms with van der Waals surface area (Å²) in [5.41, 5.74) is 0.263. The molecule has 5 nitrogen and oxygen atoms in total. The van der Waals surface area contributed by atoms with E-state index in [0.717, 1.165) is 26.1 Å². The minimum absolute atomic E-state index is 0. The fourth-order valence-corrected chi connectivity index (χ4v) is 3.61. The molecule has 0 bridgehead atoms. The topological polar surface area (TPSA) is 58.1 Å². The number of nitrogens with zero attached hydrogens (tertiary/aromatic N) is 3. The van der Waals surface area contributed by atoms with Crippen molar-refractivity contribution in [3.05, 3.63) is 53.0 Å². The number of carbonyl (C=O) groups excluding carboxylic acids is 1. The summed E-state index contributed by atoms with van der Waals surface area (Å²) in [6.07, 6.45) is -0.180. The van der Waals surface area contributed by atoms with Gasteiger partial charge in [-0.1, -0.05) is 13.8 Å². The third-order valence-corrected chi connectivity index (χ3v) is 4.95. The molecule has 1 atom stereocenters. The Morgan fingerprint density at radius 3 is 2.82 bits per heavy atom. The quantitative estimate of drug-likeness (QED) is 0.744. The van der Waals surface area contributed by atoms with Gasteiger partial charge in [-0.05, 0) is 43.5 Å². The van der Waals surface area contributed by atoms with Crippen LogP contribution in [0.3, 0.4) is 0 Å². The van der Waals surface area contributed by atoms with Gasteiger partial charge in [-0.15, -0.1) is 0 Å². The van der Waals surface area contributed by atoms with Crippen molar-refractivity contribution in [3.63, 3.8) is 0 Å². The van der Waals surface area contributed by atoms with Crippen LogP contribution in [0.1, 0.15) is 56.9 Å². The smallest absolute Gasteiger partial charge is 0.266 e. The SMILES string of the molecule is Cc1ncccc1C(=O)c1nc(N2CCN[C@@H](CC(C)C)C2)ccc1C(F)F.[HH].[HH]. The Morgan fingerprint density at radius 2 is 2.14 bits per heavy atom. The maximum atomic E-state index is 13.6. The molecule has 1 aliphatic heterocycles. The maximum Gasteiger partial charge on any atom is 0.266 e. The second-order valence-corrected chi connectivity index (χ2v) is 7.60. The Kier molecular flexibility index (Phi) is 6.34. The van der Waals surface area contributed by atoms with Crippen molar-refractivity contribution < 1.29 is 16.4 Å². The number of anilines is 1. The molecular weight excluding hydrogens is 362 g/mol. The first-order valence-electron chi connectivity index (χ1n) is 9.60. The Labute approximate surface area is 167 Å². The number of hydrogen-bond donors (Lipinski definition) is 1. The van der Waals surface area contributed by atoms with Crippen LogP contribution in [0.25, 0.3) is 0 Å². The molecule has 3 heterocycles. The molecule has 1 saturated heterocycles. The molecule has 0 saturated carbocycles. The van der Waals surface area contributed by atoms with Crippen LogP contribution in [-0.4, -0.2) is 41.4 Å². The Bertz CT molecular complexity index is 852. The highest BCUT2D eigenvalue weighted by molar-refractivity contribution is 6.09. The molecule has 0 unspecified atom stereocenters. The molecule has 154 valence electrons. The van der Waals surface area contributed by atoms with Crippen molar-refractivity contribution >= 4 is 11.6 Å². The zero-order valence-electron chi connectivity index (χ0n) is 16.5. The fraction of sp³-hybridized carbons (Fsp3) is 0.476. The number of alkyl halides is 2. The van der Waals surface area contributed by atoms with Crippen LogP contribution in [0.2, 0.25) is 0 Å². The van der Waals surface area contributed by atoms with E-state index in [1.54, 1.807) is 31.3 Å². The van der Waals surface area contributed by atoms with Gasteiger partial charge in [0.2, 0.25) is 5.78 Å². The molecule has 0 amide bonds. The summed E-state index contributed by atoms with van der Waals surface area (Å²) in [4.78, 5) is 23.5. The first kappa shape index (κ1) is 20.3. The lowest BCUT2D eigenvalue weighted by molar-refractivity contribution is 0.101. The number of ketones is 1. The minimum atomic E-state index is -2.77. The third kappa shape index (κ3) is 4.52. The van der Waals surface area contributed by atoms with Crippen LogP contribution < -0.4 is 10.2 Å². The van der Waals surface area contributed by atoms with E-state index >= 15 is 0 Å². The van der Waals surface area contributed by atoms with Gasteiger partial charge in [0, 0.05) is 51.5 Å². The number of hydrogen-bond acceptors (Lipinski definition) is 5. The Balaban J connectivity index is 0.00000225. The van der Waals surface area contributed by atoms with Gasteiger partial charge in [-0.3, -0.25) is 9.78 Å². The zero-order chi connectivity index (χ0) is 20.3. The second kappa shape index (κ2) is 8.73. The molecule has 0 aliphatic carbocycles. The number of aryl methyl sites for hydroxylation is 1. The predicted molar refractivity (Wildman–Crippen MR) is 109 cm³/mol. The van der Waals surface area contributed by atoms with Gasteiger partial charge in [-0.2, -0.15) is 0 Å². The van der Waals surface area contributed by atoms with Crippen LogP contribution in [-0.2, 0) is 0 Å². The van der Waals surface area contributed by atoms with Crippen LogP contribution in [0.5, 0.6) is 0 Å². The standard InChI is InChI=1S/C21H26F2N4O.2H2/c1-13(2)11-15-12-27(10-9-25-15)18-7-6-17(21(22)23)19(26-18)20(28)16-5-4-8-24-14(16)3;;/h4-8,13,15,21,25H,9-12H2,1-3H3;2*1H/t15-;;/m0../s1. The molecule has 28 heavy (non-hydrogen) atoms. The van der Waals surface area contributed by atoms with Crippen molar-refractivity contribution in [3.8, 4) is 0 Å². The van der Waals surface area contributed by atoms with E-state index in [4.69, 9.17) is 0 Å². The number of nitrogens with one attached hydrogen (secondary N) is 1. The number of rotatable bonds is 6. The molecule has 0 aromatic carbocycles. The number of carbonyl (C=O) groups is 1. The number of piperazine rings is 1. The normalized spacial score (nSPS) is 17.4. The van der Waals surface area contributed by atoms with Gasteiger partial charge in [0.1, 0.15) is 11.5 Å². The van der Waals surface area contributed by atoms with Crippen LogP contribution in [0, 0.1) is 12.8 Å². The van der Waals surface area contributed by atoms with E-state index in [-0.39, 0.29) is 14.1 Å². The highest BCUT2D eigenvalue weighted by atomic mass is 19.3. The molecule has 7 heteroatoms. The van der Waals surface area contributed by atoms with Gasteiger partial charge in [0.25, 0.3) is 6.43 Å². The van der Waals surface area contributed by atoms with Crippen molar-refractivity contribution in [1.82, 2.24) is 15.3 Å². The summed E-state index contributed by atoms with van der Waals surface area (Å²) in [5, 5.41) is 3.49. The van der Waals surface area contributed by atoms with Crippen LogP contribution in [0.15, 0.2) is 30.5 Å². The van der Waals surface area contributed by atoms with Gasteiger partial charge >= 0.3 is 0 Å². The lowest BCUT2D eigenvalue weighted by Gasteiger charge is -2.35. The summed E-state index contributed by atoms with van der Waals surface area (Å²) in [6.45, 7) is 8.27. The molecule has 1 N–H and O–H groups in total. The van der Waals surface area contributed by atoms with Crippen molar-refractivity contribution in [1.29, 1.82) is 0 Å². The summed E-state index contributed by atoms with van der Waals surface area (Å²) < 4.78 is 27.1. The monoisotopic (exact) mass is 392 g/mol. The lowest BCUT2D eigenvalue weighted by atomic mass is 10.0. The number of halogens is 2. The summed E-state index contributed by atoms with van der Waals surface area (Å²) in [5.74, 6) is 0.596. The molecule has 1 aliphatic rings. The van der Waals surface area contributed by atoms with Crippen LogP contribution >= 0.6 is 0 Å². The second-order valence-electron chi connectivity index (χ2n) is 7.60. The van der Waals surface area contributed by atoms with E-state index in [1.807, 2.05) is 0 Å². The van der Waals surface area contributed by atoms with Gasteiger partial charge in [0.05, 0.1) is 0 Å². The number of pyridine rings is 2. The summed E-state index contributed by atoms with van der Waals surface area (Å²) in [6, 6.07) is 6.44. The zero-order valence-corrected chi connectivity index (χ0v) is 16.5. The summed E-state index contributed by atoms with van der Waals surface area (Å²) in [7, 11) is 0. The predicted octanol–water partition coefficient (Wildman–Crippen LogP) is 4.27. The third-order valence-electron chi connectivity index (χ3n) is 4.95. The molecule has 2 aromatic heterocycles. The fourth-order valence-electron chi connectivity index (χ4n) is 3.61. The lowest BCUT2D eigenvalue weighted by Crippen LogP contribution is -2.51. The maximum absolute atomic E-state index is 13.6. The first-order chi connectivity index (χ1) is 13.4. The molecule has 3 rings (SSSR count). The van der Waals surface area contributed by atoms with Crippen LogP contribution in [0.4, 0.5) is 14.6 Å². The Hall–Kier alpha value is -2.41. The average Bonchev–Trinajstić information content (AvgIpc) is 2.67. The van der Waals surface area contributed by atoms with E-state index in [0.29, 0.717) is 29.0 Å². The average molecular weight is 392 g/mol. The highest BCUT2D eigenvalue weighted by Crippen LogP contribution is 2.27. The van der Waals surface area contributed by atoms with Crippen molar-refractivity contribution in [2.24, 2.45) is 5.92 Å². The van der Waals surface area contributed by atoms with E-state index in [2.05, 4.69) is 34.0 Å². The highest BCUT2D eigenvalue weighted by Gasteiger charge is 2.26. The number of aromatic nitrogens is 2. The first-order valence-corrected chi connectivity index (χ1v) is 9.60. The van der Waals surface area contributed by atoms with E-state index in [9.17, 15) is 13.6 Å².